The van der Waals surface area contributed by atoms with E-state index in [1.54, 1.807) is 5.01 Å². The molecule has 1 heterocycles. The normalized spacial score (nSPS) is 22.4. The standard InChI is InChI=1S/C10H12N2O/c1-8-7-11-12(10(8)13)9-5-3-2-4-6-9/h2-6,8,11H,7H2,1H3/t8-/m1/s1. The zero-order chi connectivity index (χ0) is 9.26. The molecule has 0 aromatic heterocycles. The van der Waals surface area contributed by atoms with Gasteiger partial charge in [-0.15, -0.1) is 0 Å². The zero-order valence-electron chi connectivity index (χ0n) is 7.53. The molecule has 1 N–H and O–H groups in total. The van der Waals surface area contributed by atoms with Crippen molar-refractivity contribution >= 4 is 11.6 Å². The summed E-state index contributed by atoms with van der Waals surface area (Å²) < 4.78 is 0. The van der Waals surface area contributed by atoms with Crippen LogP contribution in [0.15, 0.2) is 30.3 Å². The lowest BCUT2D eigenvalue weighted by molar-refractivity contribution is -0.119. The molecule has 3 nitrogen and oxygen atoms in total. The van der Waals surface area contributed by atoms with Crippen LogP contribution in [-0.4, -0.2) is 12.5 Å². The van der Waals surface area contributed by atoms with Crippen molar-refractivity contribution in [3.63, 3.8) is 0 Å². The highest BCUT2D eigenvalue weighted by Crippen LogP contribution is 2.17. The number of hydrogen-bond acceptors (Lipinski definition) is 2. The van der Waals surface area contributed by atoms with Gasteiger partial charge in [0.05, 0.1) is 11.6 Å². The number of rotatable bonds is 1. The molecule has 2 rings (SSSR count). The Hall–Kier alpha value is -1.35. The van der Waals surface area contributed by atoms with Crippen LogP contribution in [0.5, 0.6) is 0 Å². The summed E-state index contributed by atoms with van der Waals surface area (Å²) >= 11 is 0. The van der Waals surface area contributed by atoms with Crippen LogP contribution in [0, 0.1) is 5.92 Å². The molecule has 1 aliphatic rings. The number of para-hydroxylation sites is 1. The SMILES string of the molecule is C[C@@H]1CNN(c2ccccc2)C1=O. The summed E-state index contributed by atoms with van der Waals surface area (Å²) in [6.07, 6.45) is 0. The third-order valence-electron chi connectivity index (χ3n) is 2.21. The van der Waals surface area contributed by atoms with Crippen molar-refractivity contribution < 1.29 is 4.79 Å². The molecule has 13 heavy (non-hydrogen) atoms. The minimum absolute atomic E-state index is 0.0835. The Morgan fingerprint density at radius 3 is 2.62 bits per heavy atom. The molecule has 1 aliphatic heterocycles. The predicted molar refractivity (Wildman–Crippen MR) is 51.1 cm³/mol. The van der Waals surface area contributed by atoms with Gasteiger partial charge in [-0.05, 0) is 12.1 Å². The van der Waals surface area contributed by atoms with E-state index < -0.39 is 0 Å². The van der Waals surface area contributed by atoms with E-state index in [9.17, 15) is 4.79 Å². The zero-order valence-corrected chi connectivity index (χ0v) is 7.53. The highest BCUT2D eigenvalue weighted by Gasteiger charge is 2.28. The van der Waals surface area contributed by atoms with Gasteiger partial charge in [0.15, 0.2) is 0 Å². The van der Waals surface area contributed by atoms with Crippen LogP contribution in [0.1, 0.15) is 6.92 Å². The van der Waals surface area contributed by atoms with Crippen molar-refractivity contribution in [2.24, 2.45) is 5.92 Å². The van der Waals surface area contributed by atoms with Gasteiger partial charge < -0.3 is 0 Å². The molecule has 1 atom stereocenters. The van der Waals surface area contributed by atoms with E-state index in [-0.39, 0.29) is 11.8 Å². The first kappa shape index (κ1) is 8.26. The van der Waals surface area contributed by atoms with Gasteiger partial charge in [-0.3, -0.25) is 4.79 Å². The Kier molecular flexibility index (Phi) is 2.02. The molecule has 1 saturated heterocycles. The third kappa shape index (κ3) is 1.42. The van der Waals surface area contributed by atoms with Crippen molar-refractivity contribution in [2.75, 3.05) is 11.6 Å². The first-order chi connectivity index (χ1) is 6.29. The number of carbonyl (C=O) groups is 1. The molecule has 0 bridgehead atoms. The van der Waals surface area contributed by atoms with Crippen LogP contribution in [0.3, 0.4) is 0 Å². The predicted octanol–water partition coefficient (Wildman–Crippen LogP) is 1.17. The summed E-state index contributed by atoms with van der Waals surface area (Å²) in [4.78, 5) is 11.6. The van der Waals surface area contributed by atoms with Crippen LogP contribution >= 0.6 is 0 Å². The molecule has 1 fully saturated rings. The number of anilines is 1. The Labute approximate surface area is 77.3 Å². The molecule has 3 heteroatoms. The minimum atomic E-state index is 0.0835. The van der Waals surface area contributed by atoms with Gasteiger partial charge in [0.2, 0.25) is 5.91 Å². The second kappa shape index (κ2) is 3.18. The van der Waals surface area contributed by atoms with Gasteiger partial charge in [0, 0.05) is 6.54 Å². The highest BCUT2D eigenvalue weighted by molar-refractivity contribution is 5.95. The van der Waals surface area contributed by atoms with Gasteiger partial charge in [0.25, 0.3) is 0 Å². The van der Waals surface area contributed by atoms with E-state index in [0.717, 1.165) is 12.2 Å². The van der Waals surface area contributed by atoms with Crippen LogP contribution in [0.25, 0.3) is 0 Å². The van der Waals surface area contributed by atoms with Crippen molar-refractivity contribution in [3.05, 3.63) is 30.3 Å². The third-order valence-corrected chi connectivity index (χ3v) is 2.21. The van der Waals surface area contributed by atoms with Gasteiger partial charge in [-0.25, -0.2) is 10.4 Å². The number of hydrogen-bond donors (Lipinski definition) is 1. The molecular formula is C10H12N2O. The molecule has 0 unspecified atom stereocenters. The number of benzene rings is 1. The van der Waals surface area contributed by atoms with Gasteiger partial charge in [-0.1, -0.05) is 25.1 Å². The van der Waals surface area contributed by atoms with Crippen LogP contribution in [-0.2, 0) is 4.79 Å². The number of nitrogens with zero attached hydrogens (tertiary/aromatic N) is 1. The maximum absolute atomic E-state index is 11.6. The number of hydrazine groups is 1. The fraction of sp³-hybridized carbons (Fsp3) is 0.300. The molecule has 0 spiro atoms. The van der Waals surface area contributed by atoms with Crippen LogP contribution in [0.4, 0.5) is 5.69 Å². The van der Waals surface area contributed by atoms with E-state index in [2.05, 4.69) is 5.43 Å². The van der Waals surface area contributed by atoms with Crippen molar-refractivity contribution in [2.45, 2.75) is 6.92 Å². The summed E-state index contributed by atoms with van der Waals surface area (Å²) in [6.45, 7) is 2.66. The van der Waals surface area contributed by atoms with Gasteiger partial charge in [0.1, 0.15) is 0 Å². The average molecular weight is 176 g/mol. The fourth-order valence-electron chi connectivity index (χ4n) is 1.41. The Morgan fingerprint density at radius 2 is 2.08 bits per heavy atom. The number of amides is 1. The summed E-state index contributed by atoms with van der Waals surface area (Å²) in [5.41, 5.74) is 3.97. The molecule has 68 valence electrons. The lowest BCUT2D eigenvalue weighted by Gasteiger charge is -2.15. The van der Waals surface area contributed by atoms with Crippen LogP contribution < -0.4 is 10.4 Å². The largest absolute Gasteiger partial charge is 0.273 e. The Balaban J connectivity index is 2.24. The van der Waals surface area contributed by atoms with E-state index in [0.29, 0.717) is 0 Å². The molecule has 0 saturated carbocycles. The lowest BCUT2D eigenvalue weighted by atomic mass is 10.2. The average Bonchev–Trinajstić information content (AvgIpc) is 2.49. The fourth-order valence-corrected chi connectivity index (χ4v) is 1.41. The second-order valence-corrected chi connectivity index (χ2v) is 3.27. The van der Waals surface area contributed by atoms with Crippen molar-refractivity contribution in [1.29, 1.82) is 0 Å². The monoisotopic (exact) mass is 176 g/mol. The topological polar surface area (TPSA) is 32.3 Å². The summed E-state index contributed by atoms with van der Waals surface area (Å²) in [5, 5.41) is 1.62. The maximum atomic E-state index is 11.6. The van der Waals surface area contributed by atoms with E-state index in [4.69, 9.17) is 0 Å². The molecule has 0 radical (unpaired) electrons. The van der Waals surface area contributed by atoms with E-state index in [1.807, 2.05) is 37.3 Å². The summed E-state index contributed by atoms with van der Waals surface area (Å²) in [6, 6.07) is 9.62. The van der Waals surface area contributed by atoms with Crippen LogP contribution in [0.2, 0.25) is 0 Å². The van der Waals surface area contributed by atoms with Gasteiger partial charge >= 0.3 is 0 Å². The lowest BCUT2D eigenvalue weighted by Crippen LogP contribution is -2.34. The molecule has 1 amide bonds. The molecule has 1 aromatic rings. The maximum Gasteiger partial charge on any atom is 0.245 e. The quantitative estimate of drug-likeness (QED) is 0.696. The number of carbonyl (C=O) groups excluding carboxylic acids is 1. The smallest absolute Gasteiger partial charge is 0.245 e. The summed E-state index contributed by atoms with van der Waals surface area (Å²) in [5.74, 6) is 0.228. The molecule has 1 aromatic carbocycles. The molecule has 0 aliphatic carbocycles. The second-order valence-electron chi connectivity index (χ2n) is 3.27. The number of nitrogens with one attached hydrogen (secondary N) is 1. The Morgan fingerprint density at radius 1 is 1.38 bits per heavy atom. The Bertz CT molecular complexity index is 310. The van der Waals surface area contributed by atoms with E-state index >= 15 is 0 Å². The minimum Gasteiger partial charge on any atom is -0.273 e. The van der Waals surface area contributed by atoms with E-state index in [1.165, 1.54) is 0 Å². The summed E-state index contributed by atoms with van der Waals surface area (Å²) in [7, 11) is 0. The first-order valence-corrected chi connectivity index (χ1v) is 4.41. The van der Waals surface area contributed by atoms with Crippen molar-refractivity contribution in [1.82, 2.24) is 5.43 Å². The highest BCUT2D eigenvalue weighted by atomic mass is 16.2. The van der Waals surface area contributed by atoms with Crippen molar-refractivity contribution in [3.8, 4) is 0 Å². The first-order valence-electron chi connectivity index (χ1n) is 4.41. The molecular weight excluding hydrogens is 164 g/mol. The van der Waals surface area contributed by atoms with Gasteiger partial charge in [-0.2, -0.15) is 0 Å².